The normalized spacial score (nSPS) is 22.7. The largest absolute Gasteiger partial charge is 0.497 e. The van der Waals surface area contributed by atoms with Crippen LogP contribution in [0.1, 0.15) is 35.8 Å². The summed E-state index contributed by atoms with van der Waals surface area (Å²) in [4.78, 5) is 29.4. The second-order valence-corrected chi connectivity index (χ2v) is 9.74. The summed E-state index contributed by atoms with van der Waals surface area (Å²) in [6.45, 7) is 3.71. The highest BCUT2D eigenvalue weighted by Crippen LogP contribution is 2.37. The van der Waals surface area contributed by atoms with Gasteiger partial charge in [-0.3, -0.25) is 9.59 Å². The minimum Gasteiger partial charge on any atom is -0.497 e. The van der Waals surface area contributed by atoms with Crippen molar-refractivity contribution in [2.24, 2.45) is 0 Å². The first-order valence-corrected chi connectivity index (χ1v) is 12.2. The van der Waals surface area contributed by atoms with E-state index in [1.165, 1.54) is 0 Å². The molecule has 9 nitrogen and oxygen atoms in total. The van der Waals surface area contributed by atoms with Crippen molar-refractivity contribution in [2.75, 3.05) is 27.1 Å². The average molecular weight is 492 g/mol. The van der Waals surface area contributed by atoms with Crippen LogP contribution in [0.2, 0.25) is 0 Å². The number of hydrogen-bond donors (Lipinski definition) is 1. The lowest BCUT2D eigenvalue weighted by Crippen LogP contribution is -2.64. The molecule has 2 atom stereocenters. The molecule has 2 aromatic carbocycles. The molecule has 1 aromatic heterocycles. The summed E-state index contributed by atoms with van der Waals surface area (Å²) in [7, 11) is 1.61. The number of aromatic nitrogens is 1. The number of nitrogens with one attached hydrogen (secondary N) is 1. The molecular formula is C27H29N3O6. The summed E-state index contributed by atoms with van der Waals surface area (Å²) in [5.74, 6) is 1.60. The maximum atomic E-state index is 14.0. The number of ether oxygens (including phenoxy) is 4. The Kier molecular flexibility index (Phi) is 5.52. The number of methoxy groups -OCH3 is 1. The van der Waals surface area contributed by atoms with Gasteiger partial charge in [-0.25, -0.2) is 0 Å². The van der Waals surface area contributed by atoms with E-state index in [-0.39, 0.29) is 31.3 Å². The fraction of sp³-hybridized carbons (Fsp3) is 0.407. The molecule has 1 fully saturated rings. The third-order valence-electron chi connectivity index (χ3n) is 7.42. The van der Waals surface area contributed by atoms with Crippen LogP contribution in [0.4, 0.5) is 0 Å². The third-order valence-corrected chi connectivity index (χ3v) is 7.42. The van der Waals surface area contributed by atoms with Gasteiger partial charge in [0, 0.05) is 31.1 Å². The number of hydrogen-bond acceptors (Lipinski definition) is 6. The standard InChI is InChI=1S/C27H29N3O6/c1-27(26(32)28-13-20-4-3-9-34-20)15-29-21-12-19(33-2)7-6-18(21)11-22(29)25(31)30(27)14-17-5-8-23-24(10-17)36-16-35-23/h5-8,10-12,20H,3-4,9,13-16H2,1-2H3,(H,28,32). The second-order valence-electron chi connectivity index (χ2n) is 9.74. The summed E-state index contributed by atoms with van der Waals surface area (Å²) in [5, 5.41) is 3.99. The van der Waals surface area contributed by atoms with E-state index in [4.69, 9.17) is 18.9 Å². The second kappa shape index (κ2) is 8.74. The van der Waals surface area contributed by atoms with Gasteiger partial charge in [0.25, 0.3) is 5.91 Å². The summed E-state index contributed by atoms with van der Waals surface area (Å²) >= 11 is 0. The number of carbonyl (C=O) groups is 2. The summed E-state index contributed by atoms with van der Waals surface area (Å²) in [5.41, 5.74) is 1.13. The van der Waals surface area contributed by atoms with Crippen molar-refractivity contribution >= 4 is 22.7 Å². The first-order chi connectivity index (χ1) is 17.5. The summed E-state index contributed by atoms with van der Waals surface area (Å²) in [6, 6.07) is 13.2. The highest BCUT2D eigenvalue weighted by Gasteiger charge is 2.48. The first kappa shape index (κ1) is 22.7. The molecule has 0 radical (unpaired) electrons. The molecule has 0 bridgehead atoms. The monoisotopic (exact) mass is 491 g/mol. The lowest BCUT2D eigenvalue weighted by molar-refractivity contribution is -0.133. The van der Waals surface area contributed by atoms with Gasteiger partial charge in [0.1, 0.15) is 17.0 Å². The lowest BCUT2D eigenvalue weighted by Gasteiger charge is -2.44. The molecular weight excluding hydrogens is 462 g/mol. The topological polar surface area (TPSA) is 91.3 Å². The number of fused-ring (bicyclic) bond motifs is 4. The van der Waals surface area contributed by atoms with Crippen molar-refractivity contribution in [1.29, 1.82) is 0 Å². The molecule has 3 aromatic rings. The van der Waals surface area contributed by atoms with Crippen LogP contribution in [0.3, 0.4) is 0 Å². The molecule has 2 amide bonds. The molecule has 3 aliphatic rings. The van der Waals surface area contributed by atoms with Crippen LogP contribution in [0.5, 0.6) is 17.2 Å². The molecule has 9 heteroatoms. The predicted molar refractivity (Wildman–Crippen MR) is 131 cm³/mol. The molecule has 0 aliphatic carbocycles. The van der Waals surface area contributed by atoms with Gasteiger partial charge in [-0.1, -0.05) is 6.07 Å². The van der Waals surface area contributed by atoms with Crippen LogP contribution < -0.4 is 19.5 Å². The van der Waals surface area contributed by atoms with Gasteiger partial charge in [-0.2, -0.15) is 0 Å². The van der Waals surface area contributed by atoms with Crippen LogP contribution in [0.25, 0.3) is 10.9 Å². The van der Waals surface area contributed by atoms with E-state index < -0.39 is 5.54 Å². The maximum Gasteiger partial charge on any atom is 0.271 e. The van der Waals surface area contributed by atoms with Crippen molar-refractivity contribution < 1.29 is 28.5 Å². The van der Waals surface area contributed by atoms with Crippen molar-refractivity contribution in [3.8, 4) is 17.2 Å². The van der Waals surface area contributed by atoms with Gasteiger partial charge in [0.15, 0.2) is 11.5 Å². The van der Waals surface area contributed by atoms with Gasteiger partial charge in [0.05, 0.1) is 25.3 Å². The van der Waals surface area contributed by atoms with Gasteiger partial charge >= 0.3 is 0 Å². The average Bonchev–Trinajstić information content (AvgIpc) is 3.64. The molecule has 0 saturated carbocycles. The zero-order valence-corrected chi connectivity index (χ0v) is 20.4. The van der Waals surface area contributed by atoms with Crippen LogP contribution in [0.15, 0.2) is 42.5 Å². The van der Waals surface area contributed by atoms with E-state index >= 15 is 0 Å². The number of carbonyl (C=O) groups excluding carboxylic acids is 2. The van der Waals surface area contributed by atoms with Crippen molar-refractivity contribution in [3.63, 3.8) is 0 Å². The molecule has 36 heavy (non-hydrogen) atoms. The zero-order valence-electron chi connectivity index (χ0n) is 20.4. The number of amides is 2. The van der Waals surface area contributed by atoms with Crippen molar-refractivity contribution in [3.05, 3.63) is 53.7 Å². The Morgan fingerprint density at radius 3 is 2.83 bits per heavy atom. The molecule has 6 rings (SSSR count). The Balaban J connectivity index is 1.38. The highest BCUT2D eigenvalue weighted by atomic mass is 16.7. The molecule has 1 saturated heterocycles. The van der Waals surface area contributed by atoms with Gasteiger partial charge in [-0.15, -0.1) is 0 Å². The van der Waals surface area contributed by atoms with Crippen LogP contribution >= 0.6 is 0 Å². The quantitative estimate of drug-likeness (QED) is 0.570. The van der Waals surface area contributed by atoms with Gasteiger partial charge < -0.3 is 33.7 Å². The third kappa shape index (κ3) is 3.74. The maximum absolute atomic E-state index is 14.0. The Bertz CT molecular complexity index is 1340. The number of rotatable bonds is 6. The molecule has 1 N–H and O–H groups in total. The number of benzene rings is 2. The first-order valence-electron chi connectivity index (χ1n) is 12.2. The molecule has 4 heterocycles. The lowest BCUT2D eigenvalue weighted by atomic mass is 9.93. The molecule has 2 unspecified atom stereocenters. The minimum absolute atomic E-state index is 0.00591. The van der Waals surface area contributed by atoms with Gasteiger partial charge in [-0.05, 0) is 55.7 Å². The zero-order chi connectivity index (χ0) is 24.9. The van der Waals surface area contributed by atoms with Crippen LogP contribution in [-0.2, 0) is 22.6 Å². The smallest absolute Gasteiger partial charge is 0.271 e. The predicted octanol–water partition coefficient (Wildman–Crippen LogP) is 3.09. The van der Waals surface area contributed by atoms with E-state index in [0.29, 0.717) is 42.6 Å². The van der Waals surface area contributed by atoms with E-state index in [1.54, 1.807) is 12.0 Å². The molecule has 188 valence electrons. The fourth-order valence-electron chi connectivity index (χ4n) is 5.33. The fourth-order valence-corrected chi connectivity index (χ4v) is 5.33. The Morgan fingerprint density at radius 1 is 1.17 bits per heavy atom. The summed E-state index contributed by atoms with van der Waals surface area (Å²) < 4.78 is 24.0. The van der Waals surface area contributed by atoms with Crippen LogP contribution in [-0.4, -0.2) is 60.0 Å². The Labute approximate surface area is 208 Å². The van der Waals surface area contributed by atoms with Gasteiger partial charge in [0.2, 0.25) is 12.7 Å². The van der Waals surface area contributed by atoms with E-state index in [9.17, 15) is 9.59 Å². The highest BCUT2D eigenvalue weighted by molar-refractivity contribution is 6.03. The van der Waals surface area contributed by atoms with Crippen molar-refractivity contribution in [2.45, 2.75) is 44.5 Å². The van der Waals surface area contributed by atoms with E-state index in [0.717, 1.165) is 29.3 Å². The Morgan fingerprint density at radius 2 is 2.03 bits per heavy atom. The molecule has 0 spiro atoms. The van der Waals surface area contributed by atoms with E-state index in [1.807, 2.05) is 54.0 Å². The Hall–Kier alpha value is -3.72. The minimum atomic E-state index is -1.13. The van der Waals surface area contributed by atoms with Crippen molar-refractivity contribution in [1.82, 2.24) is 14.8 Å². The summed E-state index contributed by atoms with van der Waals surface area (Å²) in [6.07, 6.45) is 1.92. The van der Waals surface area contributed by atoms with E-state index in [2.05, 4.69) is 5.32 Å². The number of nitrogens with zero attached hydrogens (tertiary/aromatic N) is 2. The molecule has 3 aliphatic heterocycles. The van der Waals surface area contributed by atoms with Crippen LogP contribution in [0, 0.1) is 0 Å². The SMILES string of the molecule is COc1ccc2cc3n(c2c1)CC(C)(C(=O)NCC1CCCO1)N(Cc1ccc2c(c1)OCO2)C3=O.